The molecule has 0 aromatic heterocycles. The van der Waals surface area contributed by atoms with E-state index in [0.29, 0.717) is 6.54 Å². The van der Waals surface area contributed by atoms with Gasteiger partial charge in [-0.3, -0.25) is 4.90 Å². The van der Waals surface area contributed by atoms with Crippen molar-refractivity contribution < 1.29 is 8.78 Å². The van der Waals surface area contributed by atoms with E-state index in [4.69, 9.17) is 5.73 Å². The standard InChI is InChI=1S/C8H16F2N2/c9-8(10)6-12-4-2-1-3-7(12)5-11/h7-8H,1-6,11H2/t7-/m0/s1. The van der Waals surface area contributed by atoms with Gasteiger partial charge in [0.15, 0.2) is 0 Å². The molecule has 1 saturated heterocycles. The molecule has 1 heterocycles. The summed E-state index contributed by atoms with van der Waals surface area (Å²) in [4.78, 5) is 1.81. The van der Waals surface area contributed by atoms with E-state index in [1.165, 1.54) is 0 Å². The number of nitrogens with zero attached hydrogens (tertiary/aromatic N) is 1. The predicted octanol–water partition coefficient (Wildman–Crippen LogP) is 1.06. The number of alkyl halides is 2. The van der Waals surface area contributed by atoms with Crippen LogP contribution >= 0.6 is 0 Å². The number of rotatable bonds is 3. The summed E-state index contributed by atoms with van der Waals surface area (Å²) in [6.07, 6.45) is 0.908. The van der Waals surface area contributed by atoms with Gasteiger partial charge in [-0.05, 0) is 19.4 Å². The van der Waals surface area contributed by atoms with E-state index in [9.17, 15) is 8.78 Å². The normalized spacial score (nSPS) is 26.5. The summed E-state index contributed by atoms with van der Waals surface area (Å²) in [6, 6.07) is 0.188. The Hall–Kier alpha value is -0.220. The van der Waals surface area contributed by atoms with E-state index in [1.54, 1.807) is 0 Å². The summed E-state index contributed by atoms with van der Waals surface area (Å²) >= 11 is 0. The van der Waals surface area contributed by atoms with Crippen molar-refractivity contribution in [3.8, 4) is 0 Å². The second-order valence-electron chi connectivity index (χ2n) is 3.27. The van der Waals surface area contributed by atoms with Gasteiger partial charge < -0.3 is 5.73 Å². The van der Waals surface area contributed by atoms with E-state index >= 15 is 0 Å². The molecule has 0 unspecified atom stereocenters. The predicted molar refractivity (Wildman–Crippen MR) is 44.3 cm³/mol. The smallest absolute Gasteiger partial charge is 0.251 e. The minimum atomic E-state index is -2.22. The Balaban J connectivity index is 2.36. The van der Waals surface area contributed by atoms with Gasteiger partial charge in [-0.25, -0.2) is 8.78 Å². The van der Waals surface area contributed by atoms with Gasteiger partial charge in [-0.1, -0.05) is 6.42 Å². The third-order valence-electron chi connectivity index (χ3n) is 2.39. The highest BCUT2D eigenvalue weighted by atomic mass is 19.3. The van der Waals surface area contributed by atoms with E-state index < -0.39 is 6.43 Å². The molecule has 1 aliphatic heterocycles. The van der Waals surface area contributed by atoms with Crippen LogP contribution in [0.15, 0.2) is 0 Å². The molecular formula is C8H16F2N2. The number of likely N-dealkylation sites (tertiary alicyclic amines) is 1. The van der Waals surface area contributed by atoms with Gasteiger partial charge in [-0.15, -0.1) is 0 Å². The molecule has 4 heteroatoms. The highest BCUT2D eigenvalue weighted by Crippen LogP contribution is 2.16. The summed E-state index contributed by atoms with van der Waals surface area (Å²) in [7, 11) is 0. The van der Waals surface area contributed by atoms with Gasteiger partial charge in [0, 0.05) is 12.6 Å². The van der Waals surface area contributed by atoms with Crippen molar-refractivity contribution in [1.29, 1.82) is 0 Å². The molecule has 2 nitrogen and oxygen atoms in total. The van der Waals surface area contributed by atoms with Gasteiger partial charge in [0.25, 0.3) is 6.43 Å². The van der Waals surface area contributed by atoms with Crippen LogP contribution in [0.2, 0.25) is 0 Å². The molecule has 1 fully saturated rings. The topological polar surface area (TPSA) is 29.3 Å². The first-order valence-electron chi connectivity index (χ1n) is 4.46. The summed E-state index contributed by atoms with van der Waals surface area (Å²) in [5.41, 5.74) is 5.48. The number of hydrogen-bond donors (Lipinski definition) is 1. The van der Waals surface area contributed by atoms with Gasteiger partial charge in [0.1, 0.15) is 0 Å². The third kappa shape index (κ3) is 2.68. The van der Waals surface area contributed by atoms with E-state index in [0.717, 1.165) is 25.8 Å². The Bertz CT molecular complexity index is 130. The second-order valence-corrected chi connectivity index (χ2v) is 3.27. The fourth-order valence-corrected chi connectivity index (χ4v) is 1.74. The summed E-state index contributed by atoms with van der Waals surface area (Å²) in [5.74, 6) is 0. The monoisotopic (exact) mass is 178 g/mol. The molecule has 0 saturated carbocycles. The zero-order valence-electron chi connectivity index (χ0n) is 7.18. The molecule has 1 rings (SSSR count). The average molecular weight is 178 g/mol. The quantitative estimate of drug-likeness (QED) is 0.700. The highest BCUT2D eigenvalue weighted by molar-refractivity contribution is 4.77. The fraction of sp³-hybridized carbons (Fsp3) is 1.00. The Morgan fingerprint density at radius 2 is 2.17 bits per heavy atom. The van der Waals surface area contributed by atoms with E-state index in [1.807, 2.05) is 4.90 Å². The van der Waals surface area contributed by atoms with E-state index in [2.05, 4.69) is 0 Å². The molecule has 1 atom stereocenters. The lowest BCUT2D eigenvalue weighted by atomic mass is 10.0. The highest BCUT2D eigenvalue weighted by Gasteiger charge is 2.23. The maximum absolute atomic E-state index is 12.0. The third-order valence-corrected chi connectivity index (χ3v) is 2.39. The van der Waals surface area contributed by atoms with Gasteiger partial charge in [0.05, 0.1) is 6.54 Å². The number of nitrogens with two attached hydrogens (primary N) is 1. The van der Waals surface area contributed by atoms with Crippen molar-refractivity contribution in [1.82, 2.24) is 4.90 Å². The maximum Gasteiger partial charge on any atom is 0.251 e. The fourth-order valence-electron chi connectivity index (χ4n) is 1.74. The molecule has 0 bridgehead atoms. The van der Waals surface area contributed by atoms with Crippen molar-refractivity contribution in [2.24, 2.45) is 5.73 Å². The summed E-state index contributed by atoms with van der Waals surface area (Å²) < 4.78 is 24.1. The van der Waals surface area contributed by atoms with Crippen molar-refractivity contribution in [2.75, 3.05) is 19.6 Å². The Morgan fingerprint density at radius 3 is 2.75 bits per heavy atom. The molecule has 72 valence electrons. The first-order valence-corrected chi connectivity index (χ1v) is 4.46. The average Bonchev–Trinajstić information content (AvgIpc) is 2.04. The zero-order valence-corrected chi connectivity index (χ0v) is 7.18. The largest absolute Gasteiger partial charge is 0.329 e. The van der Waals surface area contributed by atoms with Crippen LogP contribution in [-0.2, 0) is 0 Å². The maximum atomic E-state index is 12.0. The molecule has 0 aromatic rings. The van der Waals surface area contributed by atoms with Crippen LogP contribution in [0.25, 0.3) is 0 Å². The van der Waals surface area contributed by atoms with Crippen molar-refractivity contribution in [3.05, 3.63) is 0 Å². The lowest BCUT2D eigenvalue weighted by Crippen LogP contribution is -2.46. The van der Waals surface area contributed by atoms with Crippen LogP contribution in [0.1, 0.15) is 19.3 Å². The Morgan fingerprint density at radius 1 is 1.42 bits per heavy atom. The minimum Gasteiger partial charge on any atom is -0.329 e. The molecule has 0 radical (unpaired) electrons. The zero-order chi connectivity index (χ0) is 8.97. The lowest BCUT2D eigenvalue weighted by molar-refractivity contribution is 0.0518. The molecule has 1 aliphatic rings. The molecule has 12 heavy (non-hydrogen) atoms. The van der Waals surface area contributed by atoms with Crippen molar-refractivity contribution in [3.63, 3.8) is 0 Å². The van der Waals surface area contributed by atoms with Crippen LogP contribution in [-0.4, -0.2) is 37.0 Å². The number of piperidine rings is 1. The van der Waals surface area contributed by atoms with Crippen LogP contribution in [0.5, 0.6) is 0 Å². The van der Waals surface area contributed by atoms with Gasteiger partial charge >= 0.3 is 0 Å². The van der Waals surface area contributed by atoms with Crippen LogP contribution in [0.3, 0.4) is 0 Å². The number of hydrogen-bond acceptors (Lipinski definition) is 2. The van der Waals surface area contributed by atoms with Crippen molar-refractivity contribution in [2.45, 2.75) is 31.7 Å². The molecule has 0 spiro atoms. The van der Waals surface area contributed by atoms with Crippen LogP contribution < -0.4 is 5.73 Å². The van der Waals surface area contributed by atoms with Crippen LogP contribution in [0.4, 0.5) is 8.78 Å². The molecule has 0 aromatic carbocycles. The Labute approximate surface area is 71.7 Å². The molecule has 0 aliphatic carbocycles. The molecular weight excluding hydrogens is 162 g/mol. The van der Waals surface area contributed by atoms with Gasteiger partial charge in [0.2, 0.25) is 0 Å². The van der Waals surface area contributed by atoms with Crippen LogP contribution in [0, 0.1) is 0 Å². The second kappa shape index (κ2) is 4.72. The lowest BCUT2D eigenvalue weighted by Gasteiger charge is -2.34. The van der Waals surface area contributed by atoms with Crippen molar-refractivity contribution >= 4 is 0 Å². The van der Waals surface area contributed by atoms with E-state index in [-0.39, 0.29) is 12.6 Å². The first kappa shape index (κ1) is 9.86. The van der Waals surface area contributed by atoms with Gasteiger partial charge in [-0.2, -0.15) is 0 Å². The first-order chi connectivity index (χ1) is 5.74. The minimum absolute atomic E-state index is 0.109. The Kier molecular flexibility index (Phi) is 3.88. The number of halogens is 2. The SMILES string of the molecule is NC[C@@H]1CCCCN1CC(F)F. The molecule has 0 amide bonds. The molecule has 2 N–H and O–H groups in total. The summed E-state index contributed by atoms with van der Waals surface area (Å²) in [5, 5.41) is 0. The summed E-state index contributed by atoms with van der Waals surface area (Å²) in [6.45, 7) is 1.18.